The SMILES string of the molecule is [Ni].[c-]1ccc2ccccc2c1.c1ccc(Pc2ccccc2)cc1.c1ccc([PH+](c2ccccc2)c2ccccc2)cc1.c1ccc([PH+](c2ccccc2)c2ccccc2)cc1. The van der Waals surface area contributed by atoms with Crippen molar-refractivity contribution < 1.29 is 16.5 Å². The van der Waals surface area contributed by atoms with Crippen molar-refractivity contribution in [2.45, 2.75) is 0 Å². The molecule has 4 heteroatoms. The summed E-state index contributed by atoms with van der Waals surface area (Å²) in [6.07, 6.45) is 0. The summed E-state index contributed by atoms with van der Waals surface area (Å²) in [4.78, 5) is 0. The average molecular weight is 899 g/mol. The van der Waals surface area contributed by atoms with Crippen LogP contribution in [0.3, 0.4) is 0 Å². The smallest absolute Gasteiger partial charge is 0.102 e. The second-order valence-corrected chi connectivity index (χ2v) is 20.4. The third kappa shape index (κ3) is 14.2. The largest absolute Gasteiger partial charge is 0.183 e. The van der Waals surface area contributed by atoms with E-state index in [2.05, 4.69) is 267 Å². The van der Waals surface area contributed by atoms with Crippen molar-refractivity contribution >= 4 is 77.6 Å². The van der Waals surface area contributed by atoms with Crippen LogP contribution in [0.15, 0.2) is 285 Å². The molecule has 0 heterocycles. The monoisotopic (exact) mass is 897 g/mol. The Kier molecular flexibility index (Phi) is 19.1. The molecule has 0 aliphatic heterocycles. The van der Waals surface area contributed by atoms with E-state index >= 15 is 0 Å². The first-order chi connectivity index (χ1) is 30.3. The molecule has 0 aliphatic rings. The maximum absolute atomic E-state index is 3.04. The number of hydrogen-bond donors (Lipinski definition) is 0. The molecule has 0 spiro atoms. The average Bonchev–Trinajstić information content (AvgIpc) is 3.35. The fraction of sp³-hybridized carbons (Fsp3) is 0. The van der Waals surface area contributed by atoms with Crippen molar-refractivity contribution in [2.24, 2.45) is 0 Å². The predicted molar refractivity (Wildman–Crippen MR) is 276 cm³/mol. The molecule has 10 aromatic rings. The fourth-order valence-corrected chi connectivity index (χ4v) is 13.1. The van der Waals surface area contributed by atoms with Crippen LogP contribution in [0.1, 0.15) is 0 Å². The third-order valence-electron chi connectivity index (χ3n) is 9.81. The minimum Gasteiger partial charge on any atom is -0.183 e. The Hall–Kier alpha value is -5.76. The fourth-order valence-electron chi connectivity index (χ4n) is 6.91. The summed E-state index contributed by atoms with van der Waals surface area (Å²) in [6.45, 7) is 0. The molecule has 0 fully saturated rings. The first kappa shape index (κ1) is 45.8. The zero-order valence-corrected chi connectivity index (χ0v) is 38.4. The Morgan fingerprint density at radius 3 is 0.774 bits per heavy atom. The van der Waals surface area contributed by atoms with E-state index in [0.29, 0.717) is 0 Å². The Balaban J connectivity index is 0.000000141. The van der Waals surface area contributed by atoms with Gasteiger partial charge in [-0.1, -0.05) is 197 Å². The molecule has 10 rings (SSSR count). The summed E-state index contributed by atoms with van der Waals surface area (Å²) < 4.78 is 0. The summed E-state index contributed by atoms with van der Waals surface area (Å²) in [7, 11) is -0.978. The van der Waals surface area contributed by atoms with E-state index in [4.69, 9.17) is 0 Å². The van der Waals surface area contributed by atoms with E-state index in [1.54, 1.807) is 0 Å². The molecule has 0 bridgehead atoms. The van der Waals surface area contributed by atoms with Crippen molar-refractivity contribution in [1.29, 1.82) is 0 Å². The normalized spacial score (nSPS) is 10.2. The van der Waals surface area contributed by atoms with Crippen LogP contribution in [-0.4, -0.2) is 0 Å². The molecule has 0 saturated carbocycles. The first-order valence-corrected chi connectivity index (χ1v) is 24.6. The van der Waals surface area contributed by atoms with Gasteiger partial charge in [0.1, 0.15) is 31.8 Å². The van der Waals surface area contributed by atoms with E-state index in [1.165, 1.54) is 53.2 Å². The van der Waals surface area contributed by atoms with Gasteiger partial charge in [0.25, 0.3) is 0 Å². The van der Waals surface area contributed by atoms with Crippen LogP contribution < -0.4 is 42.4 Å². The van der Waals surface area contributed by atoms with Gasteiger partial charge in [0.2, 0.25) is 0 Å². The maximum Gasteiger partial charge on any atom is 0.102 e. The molecule has 0 aromatic heterocycles. The summed E-state index contributed by atoms with van der Waals surface area (Å²) in [6, 6.07) is 103. The van der Waals surface area contributed by atoms with Gasteiger partial charge >= 0.3 is 0 Å². The van der Waals surface area contributed by atoms with Crippen molar-refractivity contribution in [2.75, 3.05) is 0 Å². The van der Waals surface area contributed by atoms with Crippen LogP contribution in [0, 0.1) is 6.07 Å². The van der Waals surface area contributed by atoms with Crippen molar-refractivity contribution in [3.8, 4) is 0 Å². The summed E-state index contributed by atoms with van der Waals surface area (Å²) in [5.74, 6) is 0. The van der Waals surface area contributed by atoms with Crippen LogP contribution in [0.5, 0.6) is 0 Å². The first-order valence-electron chi connectivity index (χ1n) is 20.6. The molecule has 0 aliphatic carbocycles. The molecule has 0 radical (unpaired) electrons. The predicted octanol–water partition coefficient (Wildman–Crippen LogP) is 11.3. The Bertz CT molecular complexity index is 2280. The molecule has 0 N–H and O–H groups in total. The molecule has 0 nitrogen and oxygen atoms in total. The van der Waals surface area contributed by atoms with Gasteiger partial charge in [0, 0.05) is 16.5 Å². The maximum atomic E-state index is 3.04. The molecule has 62 heavy (non-hydrogen) atoms. The Morgan fingerprint density at radius 2 is 0.500 bits per heavy atom. The minimum absolute atomic E-state index is 0. The quantitative estimate of drug-likeness (QED) is 0.0810. The number of hydrogen-bond acceptors (Lipinski definition) is 0. The topological polar surface area (TPSA) is 0 Å². The number of benzene rings is 10. The molecule has 0 amide bonds. The van der Waals surface area contributed by atoms with Crippen molar-refractivity contribution in [3.63, 3.8) is 0 Å². The Morgan fingerprint density at radius 1 is 0.258 bits per heavy atom. The van der Waals surface area contributed by atoms with Gasteiger partial charge < -0.3 is 0 Å². The number of fused-ring (bicyclic) bond motifs is 1. The number of rotatable bonds is 8. The zero-order valence-electron chi connectivity index (χ0n) is 34.5. The molecular formula is C58H50NiP3+. The van der Waals surface area contributed by atoms with Crippen LogP contribution in [0.4, 0.5) is 0 Å². The van der Waals surface area contributed by atoms with Crippen LogP contribution in [0.25, 0.3) is 10.8 Å². The third-order valence-corrected chi connectivity index (χ3v) is 16.5. The van der Waals surface area contributed by atoms with Gasteiger partial charge in [0.05, 0.1) is 15.8 Å². The molecular weight excluding hydrogens is 848 g/mol. The zero-order chi connectivity index (χ0) is 41.6. The van der Waals surface area contributed by atoms with Gasteiger partial charge in [-0.25, -0.2) is 0 Å². The Labute approximate surface area is 383 Å². The van der Waals surface area contributed by atoms with E-state index in [0.717, 1.165) is 8.58 Å². The van der Waals surface area contributed by atoms with Crippen LogP contribution in [-0.2, 0) is 16.5 Å². The van der Waals surface area contributed by atoms with E-state index in [1.807, 2.05) is 24.3 Å². The molecule has 306 valence electrons. The van der Waals surface area contributed by atoms with Gasteiger partial charge in [0.15, 0.2) is 0 Å². The van der Waals surface area contributed by atoms with Crippen molar-refractivity contribution in [1.82, 2.24) is 0 Å². The van der Waals surface area contributed by atoms with Gasteiger partial charge in [-0.3, -0.25) is 0 Å². The summed E-state index contributed by atoms with van der Waals surface area (Å²) in [5.41, 5.74) is 0. The van der Waals surface area contributed by atoms with Gasteiger partial charge in [-0.15, -0.1) is 16.8 Å². The molecule has 10 aromatic carbocycles. The molecule has 0 saturated heterocycles. The summed E-state index contributed by atoms with van der Waals surface area (Å²) in [5, 5.41) is 13.9. The van der Waals surface area contributed by atoms with E-state index in [9.17, 15) is 0 Å². The second-order valence-electron chi connectivity index (χ2n) is 14.1. The summed E-state index contributed by atoms with van der Waals surface area (Å²) >= 11 is 0. The van der Waals surface area contributed by atoms with Crippen LogP contribution >= 0.6 is 24.4 Å². The van der Waals surface area contributed by atoms with E-state index in [-0.39, 0.29) is 16.5 Å². The van der Waals surface area contributed by atoms with E-state index < -0.39 is 15.8 Å². The minimum atomic E-state index is -0.877. The van der Waals surface area contributed by atoms with Gasteiger partial charge in [-0.2, -0.15) is 24.3 Å². The second kappa shape index (κ2) is 25.9. The van der Waals surface area contributed by atoms with Crippen molar-refractivity contribution in [3.05, 3.63) is 291 Å². The van der Waals surface area contributed by atoms with Crippen LogP contribution in [0.2, 0.25) is 0 Å². The molecule has 0 atom stereocenters. The standard InChI is InChI=1S/2C18H15P.C12H11P.C10H7.Ni/c2*1-4-10-16(11-5-1)19(17-12-6-2-7-13-17)18-14-8-3-9-15-18;1-3-7-11(8-4-1)13-12-9-5-2-6-10-12;1-2-6-10-8-4-3-7-9(10)5-1;/h2*1-15H;1-10,13H;1-3,5-8H;/q;;;-1;/p+2. The van der Waals surface area contributed by atoms with Gasteiger partial charge in [-0.05, 0) is 83.4 Å². The molecule has 0 unspecified atom stereocenters.